The van der Waals surface area contributed by atoms with Gasteiger partial charge in [0.05, 0.1) is 11.2 Å². The van der Waals surface area contributed by atoms with Gasteiger partial charge in [-0.3, -0.25) is 4.79 Å². The van der Waals surface area contributed by atoms with Gasteiger partial charge >= 0.3 is 0 Å². The molecule has 4 atom stereocenters. The Hall–Kier alpha value is -0.910. The van der Waals surface area contributed by atoms with Crippen LogP contribution in [0.3, 0.4) is 0 Å². The predicted octanol–water partition coefficient (Wildman–Crippen LogP) is 5.34. The van der Waals surface area contributed by atoms with E-state index in [-0.39, 0.29) is 17.0 Å². The molecule has 3 saturated carbocycles. The fraction of sp³-hybridized carbons (Fsp3) is 0.920. The zero-order chi connectivity index (χ0) is 22.4. The topological polar surface area (TPSA) is 66.8 Å². The predicted molar refractivity (Wildman–Crippen MR) is 126 cm³/mol. The van der Waals surface area contributed by atoms with Gasteiger partial charge < -0.3 is 4.90 Å². The molecule has 0 aromatic heterocycles. The number of nitrogens with zero attached hydrogens (tertiary/aromatic N) is 2. The van der Waals surface area contributed by atoms with E-state index >= 15 is 0 Å². The Bertz CT molecular complexity index is 818. The van der Waals surface area contributed by atoms with Crippen LogP contribution in [-0.4, -0.2) is 42.8 Å². The molecule has 4 fully saturated rings. The van der Waals surface area contributed by atoms with E-state index in [1.54, 1.807) is 0 Å². The molecule has 0 amide bonds. The summed E-state index contributed by atoms with van der Waals surface area (Å²) in [7, 11) is -3.73. The lowest BCUT2D eigenvalue weighted by atomic mass is 9.70. The monoisotopic (exact) mass is 450 g/mol. The molecule has 1 heterocycles. The summed E-state index contributed by atoms with van der Waals surface area (Å²) in [4.78, 5) is 15.2. The third-order valence-corrected chi connectivity index (χ3v) is 10.8. The summed E-state index contributed by atoms with van der Waals surface area (Å²) in [6, 6.07) is 0.639. The van der Waals surface area contributed by atoms with Crippen LogP contribution in [0.25, 0.3) is 0 Å². The number of sulfonamides is 1. The van der Waals surface area contributed by atoms with Crippen molar-refractivity contribution in [2.75, 3.05) is 5.75 Å². The summed E-state index contributed by atoms with van der Waals surface area (Å²) in [5.74, 6) is 1.68. The van der Waals surface area contributed by atoms with Gasteiger partial charge in [-0.25, -0.2) is 8.42 Å². The summed E-state index contributed by atoms with van der Waals surface area (Å²) >= 11 is 0. The first-order valence-electron chi connectivity index (χ1n) is 12.7. The lowest BCUT2D eigenvalue weighted by Gasteiger charge is -2.42. The zero-order valence-electron chi connectivity index (χ0n) is 20.0. The van der Waals surface area contributed by atoms with E-state index in [1.165, 1.54) is 38.5 Å². The van der Waals surface area contributed by atoms with Crippen molar-refractivity contribution in [1.29, 1.82) is 0 Å². The number of hydrogen-bond acceptors (Lipinski definition) is 3. The highest BCUT2D eigenvalue weighted by Gasteiger charge is 2.65. The maximum absolute atomic E-state index is 13.5. The molecule has 4 aliphatic rings. The number of rotatable bonds is 5. The molecule has 5 nitrogen and oxygen atoms in total. The van der Waals surface area contributed by atoms with Gasteiger partial charge in [-0.1, -0.05) is 46.0 Å². The van der Waals surface area contributed by atoms with Crippen LogP contribution in [0.4, 0.5) is 0 Å². The molecule has 0 aromatic rings. The molecule has 31 heavy (non-hydrogen) atoms. The highest BCUT2D eigenvalue weighted by molar-refractivity contribution is 7.90. The second-order valence-electron chi connectivity index (χ2n) is 11.6. The minimum Gasteiger partial charge on any atom is -0.354 e. The number of ketones is 1. The van der Waals surface area contributed by atoms with Crippen molar-refractivity contribution in [3.8, 4) is 0 Å². The third-order valence-electron chi connectivity index (χ3n) is 9.50. The van der Waals surface area contributed by atoms with E-state index < -0.39 is 15.4 Å². The first-order valence-corrected chi connectivity index (χ1v) is 14.3. The van der Waals surface area contributed by atoms with Crippen LogP contribution in [-0.2, 0) is 14.8 Å². The number of Topliss-reactive ketones (excluding diaryl/α,β-unsaturated/α-hetero) is 1. The van der Waals surface area contributed by atoms with Crippen molar-refractivity contribution in [2.24, 2.45) is 27.1 Å². The van der Waals surface area contributed by atoms with Crippen molar-refractivity contribution in [3.05, 3.63) is 0 Å². The Morgan fingerprint density at radius 1 is 1.00 bits per heavy atom. The van der Waals surface area contributed by atoms with Gasteiger partial charge in [0.25, 0.3) is 10.0 Å². The summed E-state index contributed by atoms with van der Waals surface area (Å²) < 4.78 is 31.7. The van der Waals surface area contributed by atoms with Crippen LogP contribution >= 0.6 is 0 Å². The van der Waals surface area contributed by atoms with Crippen molar-refractivity contribution >= 4 is 21.6 Å². The second kappa shape index (κ2) is 8.46. The molecule has 1 aliphatic heterocycles. The zero-order valence-corrected chi connectivity index (χ0v) is 20.8. The molecule has 0 radical (unpaired) electrons. The fourth-order valence-electron chi connectivity index (χ4n) is 7.38. The minimum atomic E-state index is -3.73. The molecule has 3 aliphatic carbocycles. The number of hydrogen-bond donors (Lipinski definition) is 0. The minimum absolute atomic E-state index is 0.104. The van der Waals surface area contributed by atoms with Gasteiger partial charge in [0.1, 0.15) is 11.6 Å². The van der Waals surface area contributed by atoms with Crippen molar-refractivity contribution in [2.45, 2.75) is 117 Å². The molecule has 1 unspecified atom stereocenters. The Morgan fingerprint density at radius 3 is 2.19 bits per heavy atom. The summed E-state index contributed by atoms with van der Waals surface area (Å²) in [6.07, 6.45) is 12.5. The molecule has 0 aromatic carbocycles. The molecule has 2 bridgehead atoms. The Labute approximate surface area is 189 Å². The lowest BCUT2D eigenvalue weighted by molar-refractivity contribution is -0.128. The molecule has 0 spiro atoms. The van der Waals surface area contributed by atoms with Gasteiger partial charge in [0, 0.05) is 24.9 Å². The molecule has 1 saturated heterocycles. The molecule has 6 heteroatoms. The second-order valence-corrected chi connectivity index (χ2v) is 13.3. The first-order chi connectivity index (χ1) is 14.6. The third kappa shape index (κ3) is 4.22. The van der Waals surface area contributed by atoms with Gasteiger partial charge in [0.2, 0.25) is 0 Å². The SMILES string of the molecule is C[C@@H]1CCC[C@H](C)N1C(CC1CCCCC1)=NS(=O)(=O)C[C@@]12CCC(CC1=O)C2(C)C. The van der Waals surface area contributed by atoms with E-state index in [0.717, 1.165) is 31.5 Å². The number of amidine groups is 1. The molecular formula is C25H42N2O3S. The lowest BCUT2D eigenvalue weighted by Crippen LogP contribution is -2.49. The smallest absolute Gasteiger partial charge is 0.255 e. The maximum Gasteiger partial charge on any atom is 0.255 e. The highest BCUT2D eigenvalue weighted by atomic mass is 32.2. The van der Waals surface area contributed by atoms with Crippen LogP contribution in [0, 0.1) is 22.7 Å². The van der Waals surface area contributed by atoms with E-state index in [0.29, 0.717) is 36.8 Å². The number of fused-ring (bicyclic) bond motifs is 2. The molecule has 176 valence electrons. The van der Waals surface area contributed by atoms with Gasteiger partial charge in [0.15, 0.2) is 0 Å². The standard InChI is InChI=1S/C25H42N2O3S/c1-18-9-8-10-19(2)27(18)23(15-20-11-6-5-7-12-20)26-31(29,30)17-25-14-13-21(16-22(25)28)24(25,3)4/h18-21H,5-17H2,1-4H3/t18-,19+,21?,25-/m0/s1. The molecule has 4 rings (SSSR count). The van der Waals surface area contributed by atoms with E-state index in [9.17, 15) is 13.2 Å². The largest absolute Gasteiger partial charge is 0.354 e. The van der Waals surface area contributed by atoms with Crippen LogP contribution in [0.2, 0.25) is 0 Å². The Morgan fingerprint density at radius 2 is 1.65 bits per heavy atom. The van der Waals surface area contributed by atoms with E-state index in [1.807, 2.05) is 0 Å². The first kappa shape index (κ1) is 23.3. The summed E-state index contributed by atoms with van der Waals surface area (Å²) in [5.41, 5.74) is -0.989. The van der Waals surface area contributed by atoms with E-state index in [4.69, 9.17) is 0 Å². The molecular weight excluding hydrogens is 408 g/mol. The normalized spacial score (nSPS) is 36.9. The van der Waals surface area contributed by atoms with Crippen molar-refractivity contribution < 1.29 is 13.2 Å². The summed E-state index contributed by atoms with van der Waals surface area (Å²) in [5, 5.41) is 0. The van der Waals surface area contributed by atoms with Gasteiger partial charge in [-0.05, 0) is 63.2 Å². The fourth-order valence-corrected chi connectivity index (χ4v) is 9.24. The van der Waals surface area contributed by atoms with Gasteiger partial charge in [-0.2, -0.15) is 4.40 Å². The maximum atomic E-state index is 13.5. The Kier molecular flexibility index (Phi) is 6.35. The van der Waals surface area contributed by atoms with E-state index in [2.05, 4.69) is 37.0 Å². The van der Waals surface area contributed by atoms with Gasteiger partial charge in [-0.15, -0.1) is 0 Å². The van der Waals surface area contributed by atoms with Crippen LogP contribution in [0.15, 0.2) is 4.40 Å². The average Bonchev–Trinajstić information content (AvgIpc) is 3.02. The number of carbonyl (C=O) groups excluding carboxylic acids is 1. The van der Waals surface area contributed by atoms with Crippen LogP contribution < -0.4 is 0 Å². The average molecular weight is 451 g/mol. The number of likely N-dealkylation sites (tertiary alicyclic amines) is 1. The highest BCUT2D eigenvalue weighted by Crippen LogP contribution is 2.64. The van der Waals surface area contributed by atoms with Crippen molar-refractivity contribution in [3.63, 3.8) is 0 Å². The Balaban J connectivity index is 1.64. The van der Waals surface area contributed by atoms with Crippen LogP contribution in [0.5, 0.6) is 0 Å². The summed E-state index contributed by atoms with van der Waals surface area (Å²) in [6.45, 7) is 8.63. The number of carbonyl (C=O) groups is 1. The molecule has 0 N–H and O–H groups in total. The number of piperidine rings is 1. The quantitative estimate of drug-likeness (QED) is 0.419. The van der Waals surface area contributed by atoms with Crippen molar-refractivity contribution in [1.82, 2.24) is 4.90 Å². The van der Waals surface area contributed by atoms with Crippen LogP contribution in [0.1, 0.15) is 105 Å².